The molecule has 0 aromatic rings. The van der Waals surface area contributed by atoms with Gasteiger partial charge in [0.1, 0.15) is 17.7 Å². The maximum absolute atomic E-state index is 11.9. The number of carboxylic acids is 3. The number of hydrogen-bond donors (Lipinski definition) is 6. The molecule has 0 saturated heterocycles. The Morgan fingerprint density at radius 1 is 0.862 bits per heavy atom. The first-order chi connectivity index (χ1) is 13.3. The van der Waals surface area contributed by atoms with Crippen molar-refractivity contribution in [2.75, 3.05) is 6.54 Å². The average molecular weight is 419 g/mol. The Morgan fingerprint density at radius 3 is 1.83 bits per heavy atom. The molecule has 0 aliphatic heterocycles. The SMILES string of the molecule is CC(C)(C)OC(=O)NCCCC[C@H](NC(=O)NC(CCC(=O)O)C(=O)O)C(=O)O. The summed E-state index contributed by atoms with van der Waals surface area (Å²) in [4.78, 5) is 56.2. The maximum atomic E-state index is 11.9. The van der Waals surface area contributed by atoms with Crippen LogP contribution in [0.4, 0.5) is 9.59 Å². The zero-order chi connectivity index (χ0) is 22.6. The standard InChI is InChI=1S/C17H29N3O9/c1-17(2,3)29-16(28)18-9-5-4-6-10(13(23)24)19-15(27)20-11(14(25)26)7-8-12(21)22/h10-11H,4-9H2,1-3H3,(H,18,28)(H,21,22)(H,23,24)(H,25,26)(H2,19,20,27)/t10-,11?/m0/s1. The molecule has 0 saturated carbocycles. The summed E-state index contributed by atoms with van der Waals surface area (Å²) >= 11 is 0. The van der Waals surface area contributed by atoms with E-state index in [4.69, 9.17) is 14.9 Å². The molecule has 0 spiro atoms. The summed E-state index contributed by atoms with van der Waals surface area (Å²) in [6.45, 7) is 5.41. The highest BCUT2D eigenvalue weighted by atomic mass is 16.6. The van der Waals surface area contributed by atoms with Crippen LogP contribution in [-0.4, -0.2) is 69.6 Å². The first-order valence-corrected chi connectivity index (χ1v) is 9.03. The van der Waals surface area contributed by atoms with E-state index in [-0.39, 0.29) is 19.4 Å². The van der Waals surface area contributed by atoms with Crippen LogP contribution in [0, 0.1) is 0 Å². The van der Waals surface area contributed by atoms with E-state index in [1.165, 1.54) is 0 Å². The van der Waals surface area contributed by atoms with Gasteiger partial charge in [-0.2, -0.15) is 0 Å². The van der Waals surface area contributed by atoms with E-state index >= 15 is 0 Å². The molecule has 0 fully saturated rings. The molecular weight excluding hydrogens is 390 g/mol. The van der Waals surface area contributed by atoms with Gasteiger partial charge in [-0.25, -0.2) is 19.2 Å². The highest BCUT2D eigenvalue weighted by Gasteiger charge is 2.24. The molecule has 0 aromatic heterocycles. The number of carbonyl (C=O) groups is 5. The number of hydrogen-bond acceptors (Lipinski definition) is 6. The molecule has 0 rings (SSSR count). The third-order valence-electron chi connectivity index (χ3n) is 3.44. The van der Waals surface area contributed by atoms with Crippen LogP contribution in [-0.2, 0) is 19.1 Å². The second-order valence-corrected chi connectivity index (χ2v) is 7.26. The first-order valence-electron chi connectivity index (χ1n) is 9.03. The molecule has 0 aliphatic rings. The van der Waals surface area contributed by atoms with Gasteiger partial charge >= 0.3 is 30.0 Å². The molecule has 1 unspecified atom stereocenters. The van der Waals surface area contributed by atoms with Gasteiger partial charge in [0, 0.05) is 13.0 Å². The predicted octanol–water partition coefficient (Wildman–Crippen LogP) is 0.752. The molecule has 0 heterocycles. The van der Waals surface area contributed by atoms with Crippen molar-refractivity contribution in [2.24, 2.45) is 0 Å². The molecule has 6 N–H and O–H groups in total. The van der Waals surface area contributed by atoms with Crippen molar-refractivity contribution < 1.29 is 44.0 Å². The van der Waals surface area contributed by atoms with Crippen LogP contribution in [0.2, 0.25) is 0 Å². The fraction of sp³-hybridized carbons (Fsp3) is 0.706. The smallest absolute Gasteiger partial charge is 0.407 e. The number of ether oxygens (including phenoxy) is 1. The number of alkyl carbamates (subject to hydrolysis) is 1. The molecular formula is C17H29N3O9. The predicted molar refractivity (Wildman–Crippen MR) is 99.5 cm³/mol. The van der Waals surface area contributed by atoms with E-state index in [9.17, 15) is 29.1 Å². The Hall–Kier alpha value is -3.05. The van der Waals surface area contributed by atoms with E-state index in [1.54, 1.807) is 20.8 Å². The summed E-state index contributed by atoms with van der Waals surface area (Å²) in [6.07, 6.45) is -0.565. The van der Waals surface area contributed by atoms with Gasteiger partial charge in [-0.15, -0.1) is 0 Å². The van der Waals surface area contributed by atoms with Gasteiger partial charge in [-0.05, 0) is 46.5 Å². The molecule has 0 aliphatic carbocycles. The van der Waals surface area contributed by atoms with Crippen LogP contribution in [0.25, 0.3) is 0 Å². The van der Waals surface area contributed by atoms with Crippen LogP contribution >= 0.6 is 0 Å². The van der Waals surface area contributed by atoms with Crippen LogP contribution in [0.5, 0.6) is 0 Å². The number of aliphatic carboxylic acids is 3. The minimum atomic E-state index is -1.46. The summed E-state index contributed by atoms with van der Waals surface area (Å²) in [5.41, 5.74) is -0.631. The van der Waals surface area contributed by atoms with Gasteiger partial charge in [0.2, 0.25) is 0 Å². The first kappa shape index (κ1) is 26.0. The van der Waals surface area contributed by atoms with Crippen LogP contribution in [0.15, 0.2) is 0 Å². The quantitative estimate of drug-likeness (QED) is 0.248. The summed E-state index contributed by atoms with van der Waals surface area (Å²) in [7, 11) is 0. The van der Waals surface area contributed by atoms with Gasteiger partial charge in [0.05, 0.1) is 0 Å². The molecule has 166 valence electrons. The highest BCUT2D eigenvalue weighted by molar-refractivity contribution is 5.86. The minimum Gasteiger partial charge on any atom is -0.481 e. The molecule has 12 nitrogen and oxygen atoms in total. The van der Waals surface area contributed by atoms with Gasteiger partial charge in [0.25, 0.3) is 0 Å². The van der Waals surface area contributed by atoms with Crippen molar-refractivity contribution in [3.63, 3.8) is 0 Å². The number of carboxylic acid groups (broad SMARTS) is 3. The Morgan fingerprint density at radius 2 is 1.38 bits per heavy atom. The third-order valence-corrected chi connectivity index (χ3v) is 3.44. The highest BCUT2D eigenvalue weighted by Crippen LogP contribution is 2.07. The Balaban J connectivity index is 4.38. The lowest BCUT2D eigenvalue weighted by atomic mass is 10.1. The lowest BCUT2D eigenvalue weighted by Gasteiger charge is -2.20. The van der Waals surface area contributed by atoms with E-state index in [1.807, 2.05) is 5.32 Å². The van der Waals surface area contributed by atoms with Crippen molar-refractivity contribution in [1.82, 2.24) is 16.0 Å². The van der Waals surface area contributed by atoms with Crippen molar-refractivity contribution in [3.8, 4) is 0 Å². The molecule has 0 bridgehead atoms. The average Bonchev–Trinajstić information content (AvgIpc) is 2.54. The van der Waals surface area contributed by atoms with Gasteiger partial charge in [0.15, 0.2) is 0 Å². The van der Waals surface area contributed by atoms with Gasteiger partial charge in [-0.3, -0.25) is 4.79 Å². The third kappa shape index (κ3) is 13.7. The topological polar surface area (TPSA) is 191 Å². The fourth-order valence-corrected chi connectivity index (χ4v) is 2.12. The van der Waals surface area contributed by atoms with Crippen molar-refractivity contribution in [2.45, 2.75) is 70.6 Å². The van der Waals surface area contributed by atoms with Crippen LogP contribution < -0.4 is 16.0 Å². The van der Waals surface area contributed by atoms with E-state index in [2.05, 4.69) is 10.6 Å². The molecule has 12 heteroatoms. The Bertz CT molecular complexity index is 601. The number of unbranched alkanes of at least 4 members (excludes halogenated alkanes) is 1. The van der Waals surface area contributed by atoms with Crippen LogP contribution in [0.3, 0.4) is 0 Å². The van der Waals surface area contributed by atoms with E-state index in [0.29, 0.717) is 12.8 Å². The zero-order valence-corrected chi connectivity index (χ0v) is 16.7. The van der Waals surface area contributed by atoms with Crippen molar-refractivity contribution in [3.05, 3.63) is 0 Å². The molecule has 0 radical (unpaired) electrons. The number of nitrogens with one attached hydrogen (secondary N) is 3. The fourth-order valence-electron chi connectivity index (χ4n) is 2.12. The normalized spacial score (nSPS) is 12.9. The number of carbonyl (C=O) groups excluding carboxylic acids is 2. The second-order valence-electron chi connectivity index (χ2n) is 7.26. The lowest BCUT2D eigenvalue weighted by molar-refractivity contribution is -0.140. The Kier molecular flexibility index (Phi) is 11.1. The monoisotopic (exact) mass is 419 g/mol. The molecule has 0 aromatic carbocycles. The number of rotatable bonds is 12. The molecule has 29 heavy (non-hydrogen) atoms. The summed E-state index contributed by atoms with van der Waals surface area (Å²) in [6, 6.07) is -3.76. The van der Waals surface area contributed by atoms with Crippen molar-refractivity contribution >= 4 is 30.0 Å². The summed E-state index contributed by atoms with van der Waals surface area (Å²) in [5, 5.41) is 33.5. The van der Waals surface area contributed by atoms with Gasteiger partial charge in [-0.1, -0.05) is 0 Å². The van der Waals surface area contributed by atoms with E-state index in [0.717, 1.165) is 0 Å². The molecule has 3 amide bonds. The number of urea groups is 1. The lowest BCUT2D eigenvalue weighted by Crippen LogP contribution is -2.51. The Labute approximate surface area is 168 Å². The number of amides is 3. The van der Waals surface area contributed by atoms with E-state index < -0.39 is 54.1 Å². The maximum Gasteiger partial charge on any atom is 0.407 e. The second kappa shape index (κ2) is 12.4. The van der Waals surface area contributed by atoms with Gasteiger partial charge < -0.3 is 36.0 Å². The van der Waals surface area contributed by atoms with Crippen molar-refractivity contribution in [1.29, 1.82) is 0 Å². The zero-order valence-electron chi connectivity index (χ0n) is 16.7. The molecule has 2 atom stereocenters. The minimum absolute atomic E-state index is 0.0472. The summed E-state index contributed by atoms with van der Waals surface area (Å²) < 4.78 is 5.05. The van der Waals surface area contributed by atoms with Crippen LogP contribution in [0.1, 0.15) is 52.9 Å². The summed E-state index contributed by atoms with van der Waals surface area (Å²) in [5.74, 6) is -3.96. The largest absolute Gasteiger partial charge is 0.481 e.